The predicted octanol–water partition coefficient (Wildman–Crippen LogP) is -9.94. The number of ketones is 4. The van der Waals surface area contributed by atoms with Gasteiger partial charge >= 0.3 is 29.8 Å². The van der Waals surface area contributed by atoms with Gasteiger partial charge in [-0.2, -0.15) is 25.3 Å². The molecule has 0 unspecified atom stereocenters. The zero-order valence-electron chi connectivity index (χ0n) is 72.9. The molecule has 10 amide bonds. The molecule has 0 radical (unpaired) electrons. The number of carboxylic acid groups (broad SMARTS) is 5. The van der Waals surface area contributed by atoms with Crippen LogP contribution in [0.5, 0.6) is 0 Å². The summed E-state index contributed by atoms with van der Waals surface area (Å²) in [4.78, 5) is 246. The van der Waals surface area contributed by atoms with Crippen molar-refractivity contribution in [3.63, 3.8) is 0 Å². The maximum absolute atomic E-state index is 14.6. The second kappa shape index (κ2) is 65.8. The van der Waals surface area contributed by atoms with E-state index in [1.54, 1.807) is 36.4 Å². The molecule has 0 fully saturated rings. The van der Waals surface area contributed by atoms with Gasteiger partial charge in [0.1, 0.15) is 42.7 Å². The van der Waals surface area contributed by atoms with Crippen LogP contribution in [0.25, 0.3) is 0 Å². The van der Waals surface area contributed by atoms with E-state index in [-0.39, 0.29) is 31.7 Å². The highest BCUT2D eigenvalue weighted by molar-refractivity contribution is 7.80. The number of hydrogen-bond donors (Lipinski definition) is 32. The number of aliphatic hydroxyl groups excluding tert-OH is 14. The van der Waals surface area contributed by atoms with E-state index >= 15 is 0 Å². The van der Waals surface area contributed by atoms with Crippen molar-refractivity contribution in [1.29, 1.82) is 0 Å². The maximum Gasteiger partial charge on any atom is 0.327 e. The van der Waals surface area contributed by atoms with Crippen LogP contribution in [0, 0.1) is 29.6 Å². The number of rotatable bonds is 72. The molecule has 2 aromatic rings. The monoisotopic (exact) mass is 1950 g/mol. The van der Waals surface area contributed by atoms with E-state index in [0.29, 0.717) is 36.1 Å². The largest absolute Gasteiger partial charge is 0.481 e. The van der Waals surface area contributed by atoms with Gasteiger partial charge in [-0.15, -0.1) is 0 Å². The molecule has 2 rings (SSSR count). The van der Waals surface area contributed by atoms with Crippen molar-refractivity contribution in [3.05, 3.63) is 70.8 Å². The molecule has 2 aromatic carbocycles. The van der Waals surface area contributed by atoms with Gasteiger partial charge in [0.2, 0.25) is 60.1 Å². The molecule has 754 valence electrons. The highest BCUT2D eigenvalue weighted by atomic mass is 32.1. The van der Waals surface area contributed by atoms with E-state index < -0.39 is 375 Å². The summed E-state index contributed by atoms with van der Waals surface area (Å²) in [6, 6.07) is 4.87. The third kappa shape index (κ3) is 47.9. The van der Waals surface area contributed by atoms with Crippen LogP contribution in [0.3, 0.4) is 0 Å². The lowest BCUT2D eigenvalue weighted by Crippen LogP contribution is -2.50. The molecule has 52 heteroatoms. The van der Waals surface area contributed by atoms with E-state index in [1.807, 2.05) is 0 Å². The van der Waals surface area contributed by atoms with Crippen molar-refractivity contribution in [2.45, 2.75) is 233 Å². The van der Waals surface area contributed by atoms with Gasteiger partial charge in [-0.25, -0.2) is 9.68 Å². The van der Waals surface area contributed by atoms with Crippen molar-refractivity contribution in [1.82, 2.24) is 53.2 Å². The lowest BCUT2D eigenvalue weighted by Gasteiger charge is -2.27. The van der Waals surface area contributed by atoms with E-state index in [0.717, 1.165) is 5.56 Å². The minimum absolute atomic E-state index is 0.105. The van der Waals surface area contributed by atoms with Crippen molar-refractivity contribution < 1.29 is 198 Å². The van der Waals surface area contributed by atoms with Crippen molar-refractivity contribution in [2.24, 2.45) is 29.6 Å². The standard InChI is InChI=1S/C60H95N7O30S.C22H29N3O10S/c1-29(44(78)24-68)53(89)41(75)21-62-48(82)13-10-37(40(74)19-34(27-98)60(96)97)67-59(95)33(7-15-52(87)88)18-39(73)36(9-12-49(83)64-23-43(77)55(91)57(93)46(80)26-70)66-58(94)32(6-14-51(85)86)17-38(72)35(65-50(84)16-30-2-4-31(5-3-30)20-61-28-71)8-11-47(81)63-22-42(76)54(90)56(92)45(79)25-69;26-12-23-10-14-3-1-13(2-4-14)7-19(28)24-16(5-6-35-34)18(27)8-15(9-20(29)30)21(31)25-17(11-36)22(32)33/h2-5,28-29,32-37,41-46,53-57,68-70,75-80,89-93,98H,6-27H2,1H3,(H,61,71)(H,62,82)(H,63,81)(H,64,83)(H,65,84)(H,66,94)(H,67,95)(H,85,86)(H,87,88)(H,96,97);1-4,12,15-17,34,36H,5-11H2,(H,23,26)(H,24,28)(H,25,31)(H,29,30)(H,32,33)/t29-,32+,33+,34-,35+,36+,37+,41+,42+,43+,44-,45-,46-,53+,54-,55-,56-,57-;15-,16-,17-/m11/s1. The molecule has 0 saturated carbocycles. The first-order chi connectivity index (χ1) is 63.1. The van der Waals surface area contributed by atoms with Crippen LogP contribution in [0.1, 0.15) is 132 Å². The van der Waals surface area contributed by atoms with Gasteiger partial charge in [0.25, 0.3) is 0 Å². The fourth-order valence-corrected chi connectivity index (χ4v) is 13.2. The number of hydrogen-bond acceptors (Lipinski definition) is 37. The Kier molecular flexibility index (Phi) is 59.5. The summed E-state index contributed by atoms with van der Waals surface area (Å²) in [5.74, 6) is -27.4. The Bertz CT molecular complexity index is 4110. The normalized spacial score (nSPS) is 15.9. The van der Waals surface area contributed by atoms with Gasteiger partial charge in [-0.05, 0) is 54.4 Å². The summed E-state index contributed by atoms with van der Waals surface area (Å²) in [6.45, 7) is -3.73. The van der Waals surface area contributed by atoms with Gasteiger partial charge < -0.3 is 150 Å². The highest BCUT2D eigenvalue weighted by Crippen LogP contribution is 2.24. The first-order valence-corrected chi connectivity index (χ1v) is 43.2. The molecule has 0 aliphatic heterocycles. The third-order valence-corrected chi connectivity index (χ3v) is 21.7. The van der Waals surface area contributed by atoms with Crippen LogP contribution >= 0.6 is 25.3 Å². The van der Waals surface area contributed by atoms with Crippen LogP contribution in [-0.2, 0) is 122 Å². The molecule has 0 heterocycles. The predicted molar refractivity (Wildman–Crippen MR) is 464 cm³/mol. The number of benzene rings is 2. The first-order valence-electron chi connectivity index (χ1n) is 42.0. The lowest BCUT2D eigenvalue weighted by molar-refractivity contribution is -0.243. The molecule has 50 nitrogen and oxygen atoms in total. The van der Waals surface area contributed by atoms with Crippen molar-refractivity contribution in [3.8, 4) is 0 Å². The van der Waals surface area contributed by atoms with Gasteiger partial charge in [0.05, 0.1) is 112 Å². The average molecular weight is 1950 g/mol. The molecule has 0 aliphatic carbocycles. The number of aliphatic carboxylic acids is 5. The first kappa shape index (κ1) is 121. The Morgan fingerprint density at radius 3 is 0.970 bits per heavy atom. The number of Topliss-reactive ketones (excluding diaryl/α,β-unsaturated/α-hetero) is 4. The van der Waals surface area contributed by atoms with Gasteiger partial charge in [0, 0.05) is 126 Å². The van der Waals surface area contributed by atoms with Crippen molar-refractivity contribution >= 4 is 138 Å². The lowest BCUT2D eigenvalue weighted by atomic mass is 9.89. The molecule has 0 saturated heterocycles. The van der Waals surface area contributed by atoms with E-state index in [1.165, 1.54) is 19.1 Å². The number of carbonyl (C=O) groups excluding carboxylic acids is 14. The van der Waals surface area contributed by atoms with E-state index in [9.17, 15) is 168 Å². The van der Waals surface area contributed by atoms with Gasteiger partial charge in [0.15, 0.2) is 23.1 Å². The number of aliphatic hydroxyl groups is 14. The van der Waals surface area contributed by atoms with Crippen LogP contribution in [0.15, 0.2) is 48.5 Å². The van der Waals surface area contributed by atoms with Crippen LogP contribution in [0.2, 0.25) is 0 Å². The molecular formula is C82H124N10O40S2. The summed E-state index contributed by atoms with van der Waals surface area (Å²) in [5, 5.41) is 218. The number of nitrogens with one attached hydrogen (secondary N) is 10. The smallest absolute Gasteiger partial charge is 0.327 e. The Balaban J connectivity index is 0.00000207. The molecule has 0 aliphatic rings. The van der Waals surface area contributed by atoms with E-state index in [2.05, 4.69) is 83.3 Å². The number of carboxylic acids is 5. The van der Waals surface area contributed by atoms with E-state index in [4.69, 9.17) is 25.7 Å². The second-order valence-electron chi connectivity index (χ2n) is 31.3. The minimum Gasteiger partial charge on any atom is -0.481 e. The molecular weight excluding hydrogens is 1830 g/mol. The van der Waals surface area contributed by atoms with Gasteiger partial charge in [-0.1, -0.05) is 55.5 Å². The second-order valence-corrected chi connectivity index (χ2v) is 32.0. The number of amides is 10. The molecule has 0 spiro atoms. The topological polar surface area (TPSA) is 858 Å². The summed E-state index contributed by atoms with van der Waals surface area (Å²) in [5.41, 5.74) is 2.42. The maximum atomic E-state index is 14.6. The zero-order valence-corrected chi connectivity index (χ0v) is 74.7. The zero-order chi connectivity index (χ0) is 102. The fourth-order valence-electron chi connectivity index (χ4n) is 12.7. The fraction of sp³-hybridized carbons (Fsp3) is 0.622. The van der Waals surface area contributed by atoms with Crippen LogP contribution in [0.4, 0.5) is 0 Å². The third-order valence-electron chi connectivity index (χ3n) is 20.9. The van der Waals surface area contributed by atoms with Crippen LogP contribution in [-0.4, -0.2) is 370 Å². The molecule has 21 atom stereocenters. The highest BCUT2D eigenvalue weighted by Gasteiger charge is 2.39. The summed E-state index contributed by atoms with van der Waals surface area (Å²) in [7, 11) is 0. The minimum atomic E-state index is -2.17. The molecule has 0 bridgehead atoms. The quantitative estimate of drug-likeness (QED) is 0.0127. The SMILES string of the molecule is C[C@@H]([C@H](O)[C@@H](O)CNC(=O)CC[C@H](NC(=O)[C@@H](CCC(=O)O)CC(=O)[C@H](CCC(=O)NC[C@H](O)[C@@H](O)[C@H](O)[C@H](O)CO)NC(=O)[C@@H](CCC(=O)O)CC(=O)[C@H](CCC(=O)NC[C@H](O)[C@@H](O)[C@H](O)[C@H](O)CO)NC(=O)Cc1ccc(CNC=O)cc1)C(=O)C[C@H](CS)C(=O)O)[C@H](O)CO.O=CNCc1ccc(CC(=O)N[C@H](CCOO)C(=O)C[C@H](CC(=O)O)C(=O)N[C@H](CS)C(=O)O)cc1. The number of thiol groups is 2. The molecule has 134 heavy (non-hydrogen) atoms. The average Bonchev–Trinajstić information content (AvgIpc) is 0.855. The molecule has 30 N–H and O–H groups in total. The van der Waals surface area contributed by atoms with Crippen molar-refractivity contribution in [2.75, 3.05) is 57.6 Å². The Morgan fingerprint density at radius 1 is 0.343 bits per heavy atom. The summed E-state index contributed by atoms with van der Waals surface area (Å²) in [6.07, 6.45) is -32.4. The Morgan fingerprint density at radius 2 is 0.657 bits per heavy atom. The Labute approximate surface area is 777 Å². The van der Waals surface area contributed by atoms with Crippen LogP contribution < -0.4 is 53.2 Å². The Hall–Kier alpha value is -10.8. The van der Waals surface area contributed by atoms with Gasteiger partial charge in [-0.3, -0.25) is 91.6 Å². The summed E-state index contributed by atoms with van der Waals surface area (Å²) >= 11 is 7.79. The summed E-state index contributed by atoms with van der Waals surface area (Å²) < 4.78 is 0. The molecule has 0 aromatic heterocycles. The number of carbonyl (C=O) groups is 19.